The first kappa shape index (κ1) is 33.7. The van der Waals surface area contributed by atoms with Gasteiger partial charge in [-0.3, -0.25) is 13.9 Å². The molecule has 2 amide bonds. The number of sulfonamides is 1. The van der Waals surface area contributed by atoms with Crippen LogP contribution in [0.15, 0.2) is 112 Å². The number of carbonyl (C=O) groups excluding carboxylic acids is 2. The van der Waals surface area contributed by atoms with Crippen LogP contribution in [0.2, 0.25) is 0 Å². The molecule has 0 aliphatic rings. The smallest absolute Gasteiger partial charge is 0.264 e. The van der Waals surface area contributed by atoms with Gasteiger partial charge in [0.05, 0.1) is 10.6 Å². The Bertz CT molecular complexity index is 1700. The number of para-hydroxylation sites is 1. The lowest BCUT2D eigenvalue weighted by molar-refractivity contribution is -0.139. The molecule has 0 aliphatic heterocycles. The van der Waals surface area contributed by atoms with Gasteiger partial charge in [0, 0.05) is 17.6 Å². The summed E-state index contributed by atoms with van der Waals surface area (Å²) in [5.74, 6) is 0.525. The molecule has 0 spiro atoms. The van der Waals surface area contributed by atoms with Crippen LogP contribution in [0.4, 0.5) is 5.69 Å². The number of benzene rings is 4. The number of aryl methyl sites for hydroxylation is 1. The molecule has 1 atom stereocenters. The van der Waals surface area contributed by atoms with Crippen molar-refractivity contribution in [3.8, 4) is 11.5 Å². The zero-order chi connectivity index (χ0) is 32.6. The minimum absolute atomic E-state index is 0.0479. The van der Waals surface area contributed by atoms with Crippen molar-refractivity contribution in [2.24, 2.45) is 5.92 Å². The molecule has 236 valence electrons. The van der Waals surface area contributed by atoms with E-state index in [1.54, 1.807) is 43.3 Å². The monoisotopic (exact) mass is 691 g/mol. The van der Waals surface area contributed by atoms with E-state index in [0.717, 1.165) is 19.9 Å². The second-order valence-corrected chi connectivity index (χ2v) is 14.0. The van der Waals surface area contributed by atoms with Crippen molar-refractivity contribution in [1.29, 1.82) is 0 Å². The summed E-state index contributed by atoms with van der Waals surface area (Å²) >= 11 is 3.47. The van der Waals surface area contributed by atoms with Gasteiger partial charge in [-0.05, 0) is 86.0 Å². The van der Waals surface area contributed by atoms with Crippen LogP contribution in [-0.2, 0) is 26.2 Å². The lowest BCUT2D eigenvalue weighted by Gasteiger charge is -2.32. The molecule has 0 aromatic heterocycles. The molecule has 1 unspecified atom stereocenters. The van der Waals surface area contributed by atoms with Crippen molar-refractivity contribution in [3.63, 3.8) is 0 Å². The highest BCUT2D eigenvalue weighted by Gasteiger charge is 2.32. The van der Waals surface area contributed by atoms with Gasteiger partial charge in [-0.1, -0.05) is 77.8 Å². The van der Waals surface area contributed by atoms with Gasteiger partial charge in [0.1, 0.15) is 24.1 Å². The highest BCUT2D eigenvalue weighted by Crippen LogP contribution is 2.29. The lowest BCUT2D eigenvalue weighted by Crippen LogP contribution is -2.51. The Morgan fingerprint density at radius 2 is 1.49 bits per heavy atom. The number of amides is 2. The van der Waals surface area contributed by atoms with Crippen LogP contribution in [0.3, 0.4) is 0 Å². The average Bonchev–Trinajstić information content (AvgIpc) is 3.02. The Morgan fingerprint density at radius 1 is 0.844 bits per heavy atom. The van der Waals surface area contributed by atoms with Gasteiger partial charge in [0.15, 0.2) is 0 Å². The van der Waals surface area contributed by atoms with Crippen molar-refractivity contribution >= 4 is 43.5 Å². The molecule has 45 heavy (non-hydrogen) atoms. The molecule has 0 saturated heterocycles. The van der Waals surface area contributed by atoms with Gasteiger partial charge < -0.3 is 15.0 Å². The maximum atomic E-state index is 14.1. The Kier molecular flexibility index (Phi) is 11.4. The minimum Gasteiger partial charge on any atom is -0.457 e. The number of hydrogen-bond donors (Lipinski definition) is 1. The van der Waals surface area contributed by atoms with E-state index in [1.165, 1.54) is 17.0 Å². The van der Waals surface area contributed by atoms with Gasteiger partial charge >= 0.3 is 0 Å². The SMILES string of the molecule is Cc1ccc(S(=O)(=O)N(CC(=O)N(Cc2cccc(Br)c2)C(C)C(=O)NCC(C)C)c2ccc(Oc3ccccc3)cc2)cc1. The lowest BCUT2D eigenvalue weighted by atomic mass is 10.1. The van der Waals surface area contributed by atoms with Gasteiger partial charge in [-0.15, -0.1) is 0 Å². The fourth-order valence-electron chi connectivity index (χ4n) is 4.54. The fourth-order valence-corrected chi connectivity index (χ4v) is 6.40. The molecule has 4 rings (SSSR count). The van der Waals surface area contributed by atoms with E-state index in [0.29, 0.717) is 18.0 Å². The van der Waals surface area contributed by atoms with E-state index >= 15 is 0 Å². The van der Waals surface area contributed by atoms with Crippen molar-refractivity contribution in [1.82, 2.24) is 10.2 Å². The number of hydrogen-bond acceptors (Lipinski definition) is 5. The van der Waals surface area contributed by atoms with Crippen LogP contribution in [-0.4, -0.2) is 44.3 Å². The van der Waals surface area contributed by atoms with Crippen molar-refractivity contribution < 1.29 is 22.7 Å². The molecule has 0 aliphatic carbocycles. The third kappa shape index (κ3) is 9.18. The van der Waals surface area contributed by atoms with Crippen molar-refractivity contribution in [3.05, 3.63) is 119 Å². The van der Waals surface area contributed by atoms with Crippen LogP contribution < -0.4 is 14.4 Å². The molecule has 4 aromatic rings. The van der Waals surface area contributed by atoms with E-state index in [2.05, 4.69) is 21.2 Å². The van der Waals surface area contributed by atoms with Gasteiger partial charge in [0.25, 0.3) is 10.0 Å². The van der Waals surface area contributed by atoms with Crippen LogP contribution in [0.1, 0.15) is 31.9 Å². The quantitative estimate of drug-likeness (QED) is 0.164. The van der Waals surface area contributed by atoms with E-state index in [-0.39, 0.29) is 29.0 Å². The molecule has 8 nitrogen and oxygen atoms in total. The van der Waals surface area contributed by atoms with E-state index in [9.17, 15) is 18.0 Å². The largest absolute Gasteiger partial charge is 0.457 e. The van der Waals surface area contributed by atoms with Crippen LogP contribution in [0, 0.1) is 12.8 Å². The number of ether oxygens (including phenoxy) is 1. The zero-order valence-corrected chi connectivity index (χ0v) is 28.2. The number of halogens is 1. The zero-order valence-electron chi connectivity index (χ0n) is 25.8. The Hall–Kier alpha value is -4.15. The second kappa shape index (κ2) is 15.2. The highest BCUT2D eigenvalue weighted by molar-refractivity contribution is 9.10. The normalized spacial score (nSPS) is 12.0. The Morgan fingerprint density at radius 3 is 2.11 bits per heavy atom. The molecule has 0 fully saturated rings. The molecule has 0 saturated carbocycles. The molecule has 0 bridgehead atoms. The fraction of sp³-hybridized carbons (Fsp3) is 0.257. The Balaban J connectivity index is 1.69. The number of nitrogens with one attached hydrogen (secondary N) is 1. The topological polar surface area (TPSA) is 96.0 Å². The molecular weight excluding hydrogens is 654 g/mol. The third-order valence-corrected chi connectivity index (χ3v) is 9.37. The summed E-state index contributed by atoms with van der Waals surface area (Å²) < 4.78 is 36.0. The van der Waals surface area contributed by atoms with Crippen molar-refractivity contribution in [2.75, 3.05) is 17.4 Å². The van der Waals surface area contributed by atoms with E-state index < -0.39 is 28.5 Å². The Labute approximate surface area is 274 Å². The van der Waals surface area contributed by atoms with Crippen molar-refractivity contribution in [2.45, 2.75) is 45.2 Å². The molecule has 4 aromatic carbocycles. The maximum absolute atomic E-state index is 14.1. The minimum atomic E-state index is -4.18. The van der Waals surface area contributed by atoms with E-state index in [4.69, 9.17) is 4.74 Å². The summed E-state index contributed by atoms with van der Waals surface area (Å²) in [4.78, 5) is 28.8. The molecule has 0 radical (unpaired) electrons. The second-order valence-electron chi connectivity index (χ2n) is 11.2. The number of anilines is 1. The number of carbonyl (C=O) groups is 2. The van der Waals surface area contributed by atoms with Crippen LogP contribution >= 0.6 is 15.9 Å². The summed E-state index contributed by atoms with van der Waals surface area (Å²) in [5, 5.41) is 2.90. The standard InChI is InChI=1S/C35H38BrN3O5S/c1-25(2)22-37-35(41)27(4)38(23-28-9-8-10-29(36)21-28)34(40)24-39(45(42,43)33-19-13-26(3)14-20-33)30-15-17-32(18-16-30)44-31-11-6-5-7-12-31/h5-21,25,27H,22-24H2,1-4H3,(H,37,41). The summed E-state index contributed by atoms with van der Waals surface area (Å²) in [6.45, 7) is 7.53. The molecular formula is C35H38BrN3O5S. The maximum Gasteiger partial charge on any atom is 0.264 e. The first-order chi connectivity index (χ1) is 21.4. The predicted octanol–water partition coefficient (Wildman–Crippen LogP) is 6.93. The van der Waals surface area contributed by atoms with Gasteiger partial charge in [-0.25, -0.2) is 8.42 Å². The van der Waals surface area contributed by atoms with Crippen LogP contribution in [0.25, 0.3) is 0 Å². The summed E-state index contributed by atoms with van der Waals surface area (Å²) in [6, 6.07) is 28.8. The first-order valence-corrected chi connectivity index (χ1v) is 16.9. The molecule has 0 heterocycles. The number of nitrogens with zero attached hydrogens (tertiary/aromatic N) is 2. The summed E-state index contributed by atoms with van der Waals surface area (Å²) in [5.41, 5.74) is 1.97. The predicted molar refractivity (Wildman–Crippen MR) is 181 cm³/mol. The third-order valence-electron chi connectivity index (χ3n) is 7.09. The highest BCUT2D eigenvalue weighted by atomic mass is 79.9. The van der Waals surface area contributed by atoms with Gasteiger partial charge in [0.2, 0.25) is 11.8 Å². The average molecular weight is 693 g/mol. The number of rotatable bonds is 13. The summed E-state index contributed by atoms with van der Waals surface area (Å²) in [6.07, 6.45) is 0. The molecule has 1 N–H and O–H groups in total. The van der Waals surface area contributed by atoms with E-state index in [1.807, 2.05) is 75.4 Å². The molecule has 10 heteroatoms. The first-order valence-electron chi connectivity index (χ1n) is 14.7. The summed E-state index contributed by atoms with van der Waals surface area (Å²) in [7, 11) is -4.18. The van der Waals surface area contributed by atoms with Crippen LogP contribution in [0.5, 0.6) is 11.5 Å². The van der Waals surface area contributed by atoms with Gasteiger partial charge in [-0.2, -0.15) is 0 Å².